The highest BCUT2D eigenvalue weighted by Gasteiger charge is 2.17. The van der Waals surface area contributed by atoms with E-state index in [0.717, 1.165) is 38.7 Å². The molecule has 2 nitrogen and oxygen atoms in total. The molecule has 1 fully saturated rings. The molecule has 0 aromatic heterocycles. The topological polar surface area (TPSA) is 21.3 Å². The van der Waals surface area contributed by atoms with Crippen LogP contribution >= 0.6 is 0 Å². The van der Waals surface area contributed by atoms with Crippen LogP contribution in [-0.4, -0.2) is 19.8 Å². The van der Waals surface area contributed by atoms with Crippen LogP contribution in [0.3, 0.4) is 0 Å². The molecule has 100 valence electrons. The monoisotopic (exact) mass is 255 g/mol. The zero-order valence-corrected chi connectivity index (χ0v) is 10.6. The molecule has 1 aromatic rings. The van der Waals surface area contributed by atoms with Gasteiger partial charge in [0.25, 0.3) is 0 Å². The highest BCUT2D eigenvalue weighted by molar-refractivity contribution is 5.21. The molecule has 1 saturated heterocycles. The molecule has 1 heterocycles. The minimum Gasteiger partial charge on any atom is -0.381 e. The van der Waals surface area contributed by atoms with Crippen LogP contribution in [0.15, 0.2) is 18.2 Å². The van der Waals surface area contributed by atoms with Crippen LogP contribution in [0.1, 0.15) is 31.4 Å². The standard InChI is InChI=1S/C14H19F2NO/c1-10(12-5-2-6-13(15)14(12)16)17-8-11-4-3-7-18-9-11/h2,5-6,10-11,17H,3-4,7-9H2,1H3. The maximum atomic E-state index is 13.6. The van der Waals surface area contributed by atoms with Gasteiger partial charge in [0.1, 0.15) is 0 Å². The second kappa shape index (κ2) is 6.25. The molecule has 0 spiro atoms. The maximum absolute atomic E-state index is 13.6. The van der Waals surface area contributed by atoms with Crippen molar-refractivity contribution in [2.45, 2.75) is 25.8 Å². The molecule has 1 aromatic carbocycles. The van der Waals surface area contributed by atoms with Gasteiger partial charge < -0.3 is 10.1 Å². The summed E-state index contributed by atoms with van der Waals surface area (Å²) in [6.07, 6.45) is 2.21. The first kappa shape index (κ1) is 13.4. The lowest BCUT2D eigenvalue weighted by molar-refractivity contribution is 0.0539. The first-order valence-electron chi connectivity index (χ1n) is 6.43. The summed E-state index contributed by atoms with van der Waals surface area (Å²) in [7, 11) is 0. The molecule has 1 N–H and O–H groups in total. The Bertz CT molecular complexity index is 391. The fraction of sp³-hybridized carbons (Fsp3) is 0.571. The van der Waals surface area contributed by atoms with Crippen LogP contribution in [0.4, 0.5) is 8.78 Å². The van der Waals surface area contributed by atoms with E-state index in [1.807, 2.05) is 6.92 Å². The molecule has 0 bridgehead atoms. The van der Waals surface area contributed by atoms with Gasteiger partial charge in [-0.25, -0.2) is 8.78 Å². The van der Waals surface area contributed by atoms with Crippen molar-refractivity contribution in [3.05, 3.63) is 35.4 Å². The van der Waals surface area contributed by atoms with Crippen LogP contribution in [0, 0.1) is 17.6 Å². The Kier molecular flexibility index (Phi) is 4.66. The van der Waals surface area contributed by atoms with Gasteiger partial charge >= 0.3 is 0 Å². The van der Waals surface area contributed by atoms with Crippen molar-refractivity contribution in [1.82, 2.24) is 5.32 Å². The summed E-state index contributed by atoms with van der Waals surface area (Å²) in [6.45, 7) is 4.22. The predicted molar refractivity (Wildman–Crippen MR) is 66.3 cm³/mol. The van der Waals surface area contributed by atoms with E-state index in [4.69, 9.17) is 4.74 Å². The van der Waals surface area contributed by atoms with Crippen LogP contribution in [0.25, 0.3) is 0 Å². The third-order valence-electron chi connectivity index (χ3n) is 3.42. The van der Waals surface area contributed by atoms with Gasteiger partial charge in [-0.05, 0) is 31.7 Å². The minimum atomic E-state index is -0.790. The molecular weight excluding hydrogens is 236 g/mol. The van der Waals surface area contributed by atoms with Crippen LogP contribution < -0.4 is 5.32 Å². The minimum absolute atomic E-state index is 0.192. The Labute approximate surface area is 106 Å². The summed E-state index contributed by atoms with van der Waals surface area (Å²) in [4.78, 5) is 0. The van der Waals surface area contributed by atoms with E-state index >= 15 is 0 Å². The molecule has 2 unspecified atom stereocenters. The summed E-state index contributed by atoms with van der Waals surface area (Å²) >= 11 is 0. The van der Waals surface area contributed by atoms with Crippen molar-refractivity contribution in [3.63, 3.8) is 0 Å². The van der Waals surface area contributed by atoms with Gasteiger partial charge in [-0.15, -0.1) is 0 Å². The third kappa shape index (κ3) is 3.27. The molecule has 0 aliphatic carbocycles. The Morgan fingerprint density at radius 1 is 1.44 bits per heavy atom. The lowest BCUT2D eigenvalue weighted by atomic mass is 10.0. The quantitative estimate of drug-likeness (QED) is 0.893. The zero-order chi connectivity index (χ0) is 13.0. The lowest BCUT2D eigenvalue weighted by Gasteiger charge is -2.24. The van der Waals surface area contributed by atoms with Gasteiger partial charge in [0.05, 0.1) is 6.61 Å². The van der Waals surface area contributed by atoms with E-state index in [-0.39, 0.29) is 6.04 Å². The number of nitrogens with one attached hydrogen (secondary N) is 1. The number of halogens is 2. The summed E-state index contributed by atoms with van der Waals surface area (Å²) in [5, 5.41) is 3.25. The van der Waals surface area contributed by atoms with Gasteiger partial charge in [0.2, 0.25) is 0 Å². The van der Waals surface area contributed by atoms with E-state index in [9.17, 15) is 8.78 Å². The van der Waals surface area contributed by atoms with Gasteiger partial charge in [-0.1, -0.05) is 12.1 Å². The van der Waals surface area contributed by atoms with Crippen molar-refractivity contribution in [2.24, 2.45) is 5.92 Å². The third-order valence-corrected chi connectivity index (χ3v) is 3.42. The largest absolute Gasteiger partial charge is 0.381 e. The van der Waals surface area contributed by atoms with Crippen LogP contribution in [-0.2, 0) is 4.74 Å². The molecule has 1 aliphatic heterocycles. The van der Waals surface area contributed by atoms with Crippen molar-refractivity contribution in [1.29, 1.82) is 0 Å². The zero-order valence-electron chi connectivity index (χ0n) is 10.6. The highest BCUT2D eigenvalue weighted by atomic mass is 19.2. The van der Waals surface area contributed by atoms with E-state index < -0.39 is 11.6 Å². The van der Waals surface area contributed by atoms with Crippen LogP contribution in [0.5, 0.6) is 0 Å². The van der Waals surface area contributed by atoms with E-state index in [1.54, 1.807) is 6.07 Å². The summed E-state index contributed by atoms with van der Waals surface area (Å²) in [5.41, 5.74) is 0.381. The molecule has 1 aliphatic rings. The molecule has 2 atom stereocenters. The predicted octanol–water partition coefficient (Wildman–Crippen LogP) is 3.04. The molecule has 2 rings (SSSR count). The SMILES string of the molecule is CC(NCC1CCCOC1)c1cccc(F)c1F. The summed E-state index contributed by atoms with van der Waals surface area (Å²) in [5.74, 6) is -1.07. The number of rotatable bonds is 4. The van der Waals surface area contributed by atoms with Crippen molar-refractivity contribution in [2.75, 3.05) is 19.8 Å². The molecule has 18 heavy (non-hydrogen) atoms. The molecule has 0 saturated carbocycles. The van der Waals surface area contributed by atoms with Gasteiger partial charge in [-0.3, -0.25) is 0 Å². The first-order chi connectivity index (χ1) is 8.68. The first-order valence-corrected chi connectivity index (χ1v) is 6.43. The van der Waals surface area contributed by atoms with Gasteiger partial charge in [0.15, 0.2) is 11.6 Å². The van der Waals surface area contributed by atoms with E-state index in [1.165, 1.54) is 6.07 Å². The van der Waals surface area contributed by atoms with E-state index in [2.05, 4.69) is 5.32 Å². The molecule has 4 heteroatoms. The smallest absolute Gasteiger partial charge is 0.163 e. The fourth-order valence-corrected chi connectivity index (χ4v) is 2.28. The number of hydrogen-bond donors (Lipinski definition) is 1. The Hall–Kier alpha value is -1.00. The van der Waals surface area contributed by atoms with Crippen molar-refractivity contribution < 1.29 is 13.5 Å². The number of hydrogen-bond acceptors (Lipinski definition) is 2. The Morgan fingerprint density at radius 3 is 3.00 bits per heavy atom. The van der Waals surface area contributed by atoms with Crippen LogP contribution in [0.2, 0.25) is 0 Å². The maximum Gasteiger partial charge on any atom is 0.163 e. The molecule has 0 amide bonds. The molecule has 0 radical (unpaired) electrons. The number of benzene rings is 1. The average molecular weight is 255 g/mol. The summed E-state index contributed by atoms with van der Waals surface area (Å²) < 4.78 is 32.1. The fourth-order valence-electron chi connectivity index (χ4n) is 2.28. The van der Waals surface area contributed by atoms with Gasteiger partial charge in [0, 0.05) is 24.8 Å². The normalized spacial score (nSPS) is 21.8. The van der Waals surface area contributed by atoms with Crippen molar-refractivity contribution >= 4 is 0 Å². The highest BCUT2D eigenvalue weighted by Crippen LogP contribution is 2.20. The Morgan fingerprint density at radius 2 is 2.28 bits per heavy atom. The lowest BCUT2D eigenvalue weighted by Crippen LogP contribution is -2.31. The van der Waals surface area contributed by atoms with E-state index in [0.29, 0.717) is 11.5 Å². The van der Waals surface area contributed by atoms with Gasteiger partial charge in [-0.2, -0.15) is 0 Å². The Balaban J connectivity index is 1.90. The average Bonchev–Trinajstić information content (AvgIpc) is 2.40. The second-order valence-corrected chi connectivity index (χ2v) is 4.86. The van der Waals surface area contributed by atoms with Crippen molar-refractivity contribution in [3.8, 4) is 0 Å². The second-order valence-electron chi connectivity index (χ2n) is 4.86. The number of ether oxygens (including phenoxy) is 1. The molecular formula is C14H19F2NO. The summed E-state index contributed by atoms with van der Waals surface area (Å²) in [6, 6.07) is 4.10.